The first kappa shape index (κ1) is 14.4. The molecule has 1 N–H and O–H groups in total. The van der Waals surface area contributed by atoms with E-state index in [1.165, 1.54) is 4.88 Å². The smallest absolute Gasteiger partial charge is 0.122 e. The van der Waals surface area contributed by atoms with Gasteiger partial charge in [-0.1, -0.05) is 15.9 Å². The Morgan fingerprint density at radius 1 is 1.17 bits per heavy atom. The van der Waals surface area contributed by atoms with Crippen molar-refractivity contribution in [1.82, 2.24) is 0 Å². The summed E-state index contributed by atoms with van der Waals surface area (Å²) in [5.74, 6) is 0.834. The molecule has 2 rings (SSSR count). The van der Waals surface area contributed by atoms with Crippen LogP contribution in [-0.4, -0.2) is 7.11 Å². The molecule has 1 heterocycles. The lowest BCUT2D eigenvalue weighted by molar-refractivity contribution is 0.414. The summed E-state index contributed by atoms with van der Waals surface area (Å²) >= 11 is 12.2. The number of hydrogen-bond acceptors (Lipinski definition) is 3. The van der Waals surface area contributed by atoms with Crippen LogP contribution in [0.3, 0.4) is 0 Å². The molecule has 0 amide bonds. The second kappa shape index (κ2) is 6.41. The van der Waals surface area contributed by atoms with Gasteiger partial charge in [0.25, 0.3) is 0 Å². The van der Waals surface area contributed by atoms with Crippen LogP contribution in [0.25, 0.3) is 0 Å². The van der Waals surface area contributed by atoms with Gasteiger partial charge in [-0.05, 0) is 50.1 Å². The lowest BCUT2D eigenvalue weighted by atomic mass is 10.3. The van der Waals surface area contributed by atoms with E-state index in [1.807, 2.05) is 18.2 Å². The number of benzene rings is 1. The molecule has 96 valence electrons. The molecule has 0 fully saturated rings. The number of methoxy groups -OCH3 is 1. The van der Waals surface area contributed by atoms with Crippen LogP contribution in [0.1, 0.15) is 4.88 Å². The van der Waals surface area contributed by atoms with Crippen LogP contribution in [0.2, 0.25) is 0 Å². The third-order valence-corrected chi connectivity index (χ3v) is 5.98. The van der Waals surface area contributed by atoms with Crippen molar-refractivity contribution in [3.05, 3.63) is 41.9 Å². The molecule has 0 spiro atoms. The minimum atomic E-state index is 0.786. The third kappa shape index (κ3) is 3.73. The molecule has 1 aromatic carbocycles. The Labute approximate surface area is 135 Å². The molecule has 0 unspecified atom stereocenters. The van der Waals surface area contributed by atoms with Gasteiger partial charge < -0.3 is 10.1 Å². The Morgan fingerprint density at radius 3 is 2.56 bits per heavy atom. The molecule has 0 saturated heterocycles. The van der Waals surface area contributed by atoms with Gasteiger partial charge in [-0.2, -0.15) is 0 Å². The fourth-order valence-corrected chi connectivity index (χ4v) is 4.04. The highest BCUT2D eigenvalue weighted by atomic mass is 79.9. The Hall–Kier alpha value is -0.0400. The highest BCUT2D eigenvalue weighted by Crippen LogP contribution is 2.33. The van der Waals surface area contributed by atoms with E-state index >= 15 is 0 Å². The van der Waals surface area contributed by atoms with Gasteiger partial charge in [0.05, 0.1) is 10.9 Å². The van der Waals surface area contributed by atoms with Gasteiger partial charge in [-0.25, -0.2) is 0 Å². The van der Waals surface area contributed by atoms with Crippen LogP contribution in [0.5, 0.6) is 5.75 Å². The molecule has 18 heavy (non-hydrogen) atoms. The lowest BCUT2D eigenvalue weighted by Gasteiger charge is -2.08. The Bertz CT molecular complexity index is 537. The van der Waals surface area contributed by atoms with Gasteiger partial charge in [0.15, 0.2) is 0 Å². The number of halogens is 3. The maximum absolute atomic E-state index is 5.23. The molecule has 2 aromatic rings. The van der Waals surface area contributed by atoms with Gasteiger partial charge in [0.2, 0.25) is 0 Å². The lowest BCUT2D eigenvalue weighted by Crippen LogP contribution is -1.97. The van der Waals surface area contributed by atoms with Gasteiger partial charge in [0, 0.05) is 32.1 Å². The molecule has 0 bridgehead atoms. The molecular formula is C12H10Br3NOS. The van der Waals surface area contributed by atoms with Crippen molar-refractivity contribution < 1.29 is 4.74 Å². The van der Waals surface area contributed by atoms with E-state index in [0.717, 1.165) is 30.7 Å². The van der Waals surface area contributed by atoms with Crippen LogP contribution in [0, 0.1) is 0 Å². The standard InChI is InChI=1S/C12H10Br3NOS/c1-17-9-3-7(13)2-8(4-9)16-6-10-5-11(14)12(15)18-10/h2-5,16H,6H2,1H3. The van der Waals surface area contributed by atoms with Gasteiger partial charge in [-0.3, -0.25) is 0 Å². The quantitative estimate of drug-likeness (QED) is 0.642. The van der Waals surface area contributed by atoms with Crippen molar-refractivity contribution in [2.24, 2.45) is 0 Å². The summed E-state index contributed by atoms with van der Waals surface area (Å²) in [6, 6.07) is 8.04. The number of hydrogen-bond donors (Lipinski definition) is 1. The monoisotopic (exact) mass is 453 g/mol. The zero-order valence-electron chi connectivity index (χ0n) is 9.47. The summed E-state index contributed by atoms with van der Waals surface area (Å²) in [4.78, 5) is 1.26. The summed E-state index contributed by atoms with van der Waals surface area (Å²) < 4.78 is 8.44. The van der Waals surface area contributed by atoms with E-state index in [0.29, 0.717) is 0 Å². The molecule has 6 heteroatoms. The SMILES string of the molecule is COc1cc(Br)cc(NCc2cc(Br)c(Br)s2)c1. The molecule has 1 aromatic heterocycles. The molecule has 0 atom stereocenters. The van der Waals surface area contributed by atoms with E-state index in [9.17, 15) is 0 Å². The predicted molar refractivity (Wildman–Crippen MR) is 87.7 cm³/mol. The first-order valence-electron chi connectivity index (χ1n) is 5.10. The summed E-state index contributed by atoms with van der Waals surface area (Å²) in [6.07, 6.45) is 0. The highest BCUT2D eigenvalue weighted by molar-refractivity contribution is 9.13. The van der Waals surface area contributed by atoms with Crippen molar-refractivity contribution in [3.63, 3.8) is 0 Å². The largest absolute Gasteiger partial charge is 0.497 e. The van der Waals surface area contributed by atoms with Crippen molar-refractivity contribution in [3.8, 4) is 5.75 Å². The maximum atomic E-state index is 5.23. The van der Waals surface area contributed by atoms with Crippen molar-refractivity contribution in [1.29, 1.82) is 0 Å². The van der Waals surface area contributed by atoms with E-state index in [2.05, 4.69) is 59.2 Å². The second-order valence-electron chi connectivity index (χ2n) is 3.57. The summed E-state index contributed by atoms with van der Waals surface area (Å²) in [5, 5.41) is 3.38. The number of rotatable bonds is 4. The molecular weight excluding hydrogens is 446 g/mol. The minimum absolute atomic E-state index is 0.786. The van der Waals surface area contributed by atoms with E-state index < -0.39 is 0 Å². The average molecular weight is 456 g/mol. The van der Waals surface area contributed by atoms with E-state index in [-0.39, 0.29) is 0 Å². The van der Waals surface area contributed by atoms with Crippen molar-refractivity contribution in [2.45, 2.75) is 6.54 Å². The Balaban J connectivity index is 2.07. The van der Waals surface area contributed by atoms with Crippen LogP contribution >= 0.6 is 59.1 Å². The normalized spacial score (nSPS) is 10.4. The van der Waals surface area contributed by atoms with Crippen LogP contribution < -0.4 is 10.1 Å². The zero-order valence-corrected chi connectivity index (χ0v) is 15.0. The molecule has 2 nitrogen and oxygen atoms in total. The molecule has 0 aliphatic heterocycles. The van der Waals surface area contributed by atoms with Crippen molar-refractivity contribution >= 4 is 64.8 Å². The summed E-state index contributed by atoms with van der Waals surface area (Å²) in [7, 11) is 1.67. The molecule has 0 aliphatic rings. The van der Waals surface area contributed by atoms with Crippen LogP contribution in [0.4, 0.5) is 5.69 Å². The highest BCUT2D eigenvalue weighted by Gasteiger charge is 2.05. The third-order valence-electron chi connectivity index (χ3n) is 2.27. The first-order valence-corrected chi connectivity index (χ1v) is 8.30. The van der Waals surface area contributed by atoms with Gasteiger partial charge in [-0.15, -0.1) is 11.3 Å². The number of thiophene rings is 1. The molecule has 0 radical (unpaired) electrons. The fourth-order valence-electron chi connectivity index (χ4n) is 1.45. The summed E-state index contributed by atoms with van der Waals surface area (Å²) in [6.45, 7) is 0.786. The molecule has 0 saturated carbocycles. The van der Waals surface area contributed by atoms with Crippen LogP contribution in [-0.2, 0) is 6.54 Å². The number of nitrogens with one attached hydrogen (secondary N) is 1. The van der Waals surface area contributed by atoms with Gasteiger partial charge >= 0.3 is 0 Å². The Morgan fingerprint density at radius 2 is 1.94 bits per heavy atom. The molecule has 0 aliphatic carbocycles. The topological polar surface area (TPSA) is 21.3 Å². The maximum Gasteiger partial charge on any atom is 0.122 e. The minimum Gasteiger partial charge on any atom is -0.497 e. The van der Waals surface area contributed by atoms with Gasteiger partial charge in [0.1, 0.15) is 5.75 Å². The average Bonchev–Trinajstić information content (AvgIpc) is 2.65. The first-order chi connectivity index (χ1) is 8.58. The van der Waals surface area contributed by atoms with E-state index in [1.54, 1.807) is 18.4 Å². The Kier molecular flexibility index (Phi) is 5.12. The van der Waals surface area contributed by atoms with E-state index in [4.69, 9.17) is 4.74 Å². The van der Waals surface area contributed by atoms with Crippen LogP contribution in [0.15, 0.2) is 37.0 Å². The summed E-state index contributed by atoms with van der Waals surface area (Å²) in [5.41, 5.74) is 1.03. The fraction of sp³-hybridized carbons (Fsp3) is 0.167. The number of anilines is 1. The predicted octanol–water partition coefficient (Wildman–Crippen LogP) is 5.66. The van der Waals surface area contributed by atoms with Crippen molar-refractivity contribution in [2.75, 3.05) is 12.4 Å². The number of ether oxygens (including phenoxy) is 1. The second-order valence-corrected chi connectivity index (χ2v) is 7.79. The zero-order chi connectivity index (χ0) is 13.1.